The predicted molar refractivity (Wildman–Crippen MR) is 243 cm³/mol. The SMILES string of the molecule is CCCCCCCCc1cccc(C2=C(CC)C(CC)=C(c3cccc(CCCCCCCC)c3)[N+]2=[N-])c1.[CH2-]CCCCCCC.[CH2-]CCCCCCC.[Ni+2]. The monoisotopic (exact) mass is 797 g/mol. The van der Waals surface area contributed by atoms with E-state index in [1.807, 2.05) is 0 Å². The van der Waals surface area contributed by atoms with Gasteiger partial charge in [-0.25, -0.2) is 4.70 Å². The molecule has 1 aliphatic rings. The summed E-state index contributed by atoms with van der Waals surface area (Å²) in [5, 5.41) is 0. The molecule has 3 rings (SSSR count). The van der Waals surface area contributed by atoms with Crippen LogP contribution in [0, 0.1) is 13.8 Å². The molecule has 0 atom stereocenters. The van der Waals surface area contributed by atoms with Crippen molar-refractivity contribution in [3.63, 3.8) is 0 Å². The number of hydrogen-bond acceptors (Lipinski definition) is 0. The summed E-state index contributed by atoms with van der Waals surface area (Å²) in [4.78, 5) is 0. The van der Waals surface area contributed by atoms with Crippen LogP contribution in [0.25, 0.3) is 16.9 Å². The molecule has 3 heteroatoms. The third-order valence-electron chi connectivity index (χ3n) is 10.8. The van der Waals surface area contributed by atoms with Crippen molar-refractivity contribution in [2.24, 2.45) is 0 Å². The third kappa shape index (κ3) is 22.5. The Labute approximate surface area is 353 Å². The van der Waals surface area contributed by atoms with Gasteiger partial charge in [-0.3, -0.25) is 0 Å². The number of benzene rings is 2. The molecular formula is C52H86N2Ni. The molecule has 2 aromatic carbocycles. The molecule has 0 amide bonds. The van der Waals surface area contributed by atoms with Crippen molar-refractivity contribution in [3.05, 3.63) is 101 Å². The van der Waals surface area contributed by atoms with Crippen molar-refractivity contribution in [1.29, 1.82) is 0 Å². The van der Waals surface area contributed by atoms with Gasteiger partial charge in [0.1, 0.15) is 0 Å². The van der Waals surface area contributed by atoms with Crippen molar-refractivity contribution in [2.75, 3.05) is 0 Å². The quantitative estimate of drug-likeness (QED) is 0.0355. The number of rotatable bonds is 28. The molecular weight excluding hydrogens is 711 g/mol. The Hall–Kier alpha value is -1.99. The van der Waals surface area contributed by atoms with Crippen molar-refractivity contribution in [1.82, 2.24) is 0 Å². The molecule has 1 aliphatic heterocycles. The summed E-state index contributed by atoms with van der Waals surface area (Å²) in [5.41, 5.74) is 21.2. The van der Waals surface area contributed by atoms with Crippen molar-refractivity contribution in [3.8, 4) is 0 Å². The zero-order chi connectivity index (χ0) is 39.7. The van der Waals surface area contributed by atoms with Crippen molar-refractivity contribution < 1.29 is 21.2 Å². The van der Waals surface area contributed by atoms with Crippen LogP contribution in [0.3, 0.4) is 0 Å². The predicted octanol–water partition coefficient (Wildman–Crippen LogP) is 17.8. The summed E-state index contributed by atoms with van der Waals surface area (Å²) in [6.07, 6.45) is 35.8. The Bertz CT molecular complexity index is 1180. The minimum atomic E-state index is 0. The fourth-order valence-corrected chi connectivity index (χ4v) is 7.54. The van der Waals surface area contributed by atoms with Crippen LogP contribution >= 0.6 is 0 Å². The fraction of sp³-hybridized carbons (Fsp3) is 0.654. The summed E-state index contributed by atoms with van der Waals surface area (Å²) < 4.78 is 1.51. The molecule has 0 aliphatic carbocycles. The second-order valence-corrected chi connectivity index (χ2v) is 15.6. The number of nitrogens with zero attached hydrogens (tertiary/aromatic N) is 2. The van der Waals surface area contributed by atoms with Crippen LogP contribution in [0.15, 0.2) is 59.7 Å². The minimum Gasteiger partial charge on any atom is -0.493 e. The second-order valence-electron chi connectivity index (χ2n) is 15.6. The van der Waals surface area contributed by atoms with Gasteiger partial charge >= 0.3 is 16.5 Å². The van der Waals surface area contributed by atoms with Crippen molar-refractivity contribution in [2.45, 2.75) is 221 Å². The van der Waals surface area contributed by atoms with Gasteiger partial charge in [0.05, 0.1) is 0 Å². The molecule has 0 unspecified atom stereocenters. The van der Waals surface area contributed by atoms with Gasteiger partial charge in [0.2, 0.25) is 11.4 Å². The van der Waals surface area contributed by atoms with Crippen LogP contribution < -0.4 is 0 Å². The van der Waals surface area contributed by atoms with E-state index in [4.69, 9.17) is 0 Å². The molecule has 0 aromatic heterocycles. The van der Waals surface area contributed by atoms with Gasteiger partial charge in [-0.1, -0.05) is 194 Å². The van der Waals surface area contributed by atoms with E-state index in [0.717, 1.165) is 61.0 Å². The first-order chi connectivity index (χ1) is 26.5. The van der Waals surface area contributed by atoms with Crippen LogP contribution in [0.4, 0.5) is 0 Å². The Morgan fingerprint density at radius 3 is 1.05 bits per heavy atom. The Balaban J connectivity index is 0.00000143. The van der Waals surface area contributed by atoms with E-state index in [-0.39, 0.29) is 16.5 Å². The van der Waals surface area contributed by atoms with E-state index < -0.39 is 0 Å². The van der Waals surface area contributed by atoms with E-state index in [1.54, 1.807) is 0 Å². The van der Waals surface area contributed by atoms with Crippen molar-refractivity contribution >= 4 is 11.4 Å². The second kappa shape index (κ2) is 36.4. The molecule has 2 nitrogen and oxygen atoms in total. The third-order valence-corrected chi connectivity index (χ3v) is 10.8. The molecule has 0 radical (unpaired) electrons. The average molecular weight is 798 g/mol. The molecule has 0 fully saturated rings. The summed E-state index contributed by atoms with van der Waals surface area (Å²) in [7, 11) is 0. The summed E-state index contributed by atoms with van der Waals surface area (Å²) >= 11 is 0. The zero-order valence-electron chi connectivity index (χ0n) is 37.0. The van der Waals surface area contributed by atoms with Crippen LogP contribution in [0.5, 0.6) is 0 Å². The van der Waals surface area contributed by atoms with Gasteiger partial charge < -0.3 is 19.4 Å². The molecule has 55 heavy (non-hydrogen) atoms. The largest absolute Gasteiger partial charge is 2.00 e. The minimum absolute atomic E-state index is 0. The van der Waals surface area contributed by atoms with Crippen LogP contribution in [0.1, 0.15) is 231 Å². The van der Waals surface area contributed by atoms with Crippen LogP contribution in [0.2, 0.25) is 0 Å². The Morgan fingerprint density at radius 1 is 0.436 bits per heavy atom. The molecule has 1 heterocycles. The maximum atomic E-state index is 11.7. The normalized spacial score (nSPS) is 12.3. The summed E-state index contributed by atoms with van der Waals surface area (Å²) in [6.45, 7) is 21.0. The standard InChI is InChI=1S/C36H52N2.2C8H17.Ni/c1-5-9-11-13-15-17-21-29-23-19-25-31(27-29)35-33(7-3)34(8-4)36(38(35)37)32-26-20-24-30(28-32)22-18-16-14-12-10-6-2;2*1-3-5-7-8-6-4-2;/h19-20,23-28H,5-18,21-22H2,1-4H3;2*1,3-8H2,2H3;/q;2*-1;+2. The Kier molecular flexibility index (Phi) is 35.0. The van der Waals surface area contributed by atoms with E-state index in [0.29, 0.717) is 0 Å². The van der Waals surface area contributed by atoms with Gasteiger partial charge in [-0.2, -0.15) is 12.8 Å². The molecule has 2 aromatic rings. The zero-order valence-corrected chi connectivity index (χ0v) is 38.0. The number of hydrogen-bond donors (Lipinski definition) is 0. The van der Waals surface area contributed by atoms with Gasteiger partial charge in [0.25, 0.3) is 0 Å². The first kappa shape index (κ1) is 53.0. The molecule has 0 N–H and O–H groups in total. The molecule has 314 valence electrons. The van der Waals surface area contributed by atoms with Gasteiger partial charge in [-0.15, -0.1) is 0 Å². The van der Waals surface area contributed by atoms with E-state index in [9.17, 15) is 5.53 Å². The molecule has 0 saturated heterocycles. The molecule has 0 spiro atoms. The number of allylic oxidation sites excluding steroid dienone is 2. The summed E-state index contributed by atoms with van der Waals surface area (Å²) in [6, 6.07) is 17.8. The maximum absolute atomic E-state index is 11.7. The van der Waals surface area contributed by atoms with Gasteiger partial charge in [0, 0.05) is 22.3 Å². The van der Waals surface area contributed by atoms with Gasteiger partial charge in [-0.05, 0) is 73.9 Å². The van der Waals surface area contributed by atoms with E-state index in [2.05, 4.69) is 104 Å². The first-order valence-corrected chi connectivity index (χ1v) is 23.2. The topological polar surface area (TPSA) is 25.3 Å². The first-order valence-electron chi connectivity index (χ1n) is 23.2. The molecule has 0 bridgehead atoms. The number of unbranched alkanes of at least 4 members (excludes halogenated alkanes) is 20. The molecule has 0 saturated carbocycles. The fourth-order valence-electron chi connectivity index (χ4n) is 7.54. The number of aryl methyl sites for hydroxylation is 2. The van der Waals surface area contributed by atoms with Crippen LogP contribution in [-0.2, 0) is 29.3 Å². The summed E-state index contributed by atoms with van der Waals surface area (Å²) in [5.74, 6) is 0. The van der Waals surface area contributed by atoms with E-state index >= 15 is 0 Å². The van der Waals surface area contributed by atoms with Gasteiger partial charge in [0.15, 0.2) is 0 Å². The smallest absolute Gasteiger partial charge is 0.493 e. The maximum Gasteiger partial charge on any atom is 2.00 e. The Morgan fingerprint density at radius 2 is 0.745 bits per heavy atom. The van der Waals surface area contributed by atoms with E-state index in [1.165, 1.54) is 168 Å². The average Bonchev–Trinajstić information content (AvgIpc) is 3.49. The van der Waals surface area contributed by atoms with Crippen LogP contribution in [-0.4, -0.2) is 4.70 Å².